The van der Waals surface area contributed by atoms with Gasteiger partial charge in [-0.25, -0.2) is 4.79 Å². The van der Waals surface area contributed by atoms with Gasteiger partial charge in [-0.3, -0.25) is 38.4 Å². The van der Waals surface area contributed by atoms with Crippen molar-refractivity contribution in [1.82, 2.24) is 36.8 Å². The predicted molar refractivity (Wildman–Crippen MR) is 241 cm³/mol. The van der Waals surface area contributed by atoms with Gasteiger partial charge in [0.25, 0.3) is 0 Å². The van der Waals surface area contributed by atoms with E-state index in [1.165, 1.54) is 11.8 Å². The number of rotatable bonds is 30. The normalized spacial score (nSPS) is 18.0. The van der Waals surface area contributed by atoms with E-state index in [-0.39, 0.29) is 75.3 Å². The van der Waals surface area contributed by atoms with Crippen molar-refractivity contribution in [3.63, 3.8) is 0 Å². The van der Waals surface area contributed by atoms with E-state index in [0.717, 1.165) is 0 Å². The Labute approximate surface area is 383 Å². The fourth-order valence-corrected chi connectivity index (χ4v) is 7.39. The van der Waals surface area contributed by atoms with Gasteiger partial charge in [-0.05, 0) is 94.9 Å². The van der Waals surface area contributed by atoms with Crippen LogP contribution in [-0.2, 0) is 43.2 Å². The first kappa shape index (κ1) is 58.1. The van der Waals surface area contributed by atoms with E-state index in [2.05, 4.69) is 31.9 Å². The van der Waals surface area contributed by atoms with Crippen LogP contribution in [0, 0.1) is 23.7 Å². The van der Waals surface area contributed by atoms with Crippen molar-refractivity contribution in [2.24, 2.45) is 35.1 Å². The smallest absolute Gasteiger partial charge is 0.326 e. The highest BCUT2D eigenvalue weighted by atomic mass is 16.4. The largest absolute Gasteiger partial charge is 0.481 e. The number of hydrogen-bond donors (Lipinski definition) is 11. The molecule has 1 heterocycles. The molecule has 7 amide bonds. The van der Waals surface area contributed by atoms with Crippen molar-refractivity contribution in [1.29, 1.82) is 0 Å². The molecule has 21 heteroatoms. The van der Waals surface area contributed by atoms with Gasteiger partial charge in [0.15, 0.2) is 0 Å². The van der Waals surface area contributed by atoms with Crippen molar-refractivity contribution < 1.29 is 58.5 Å². The Bertz CT molecular complexity index is 1610. The van der Waals surface area contributed by atoms with Crippen LogP contribution in [0.2, 0.25) is 0 Å². The summed E-state index contributed by atoms with van der Waals surface area (Å²) in [5, 5.41) is 45.3. The van der Waals surface area contributed by atoms with Gasteiger partial charge in [0.1, 0.15) is 42.3 Å². The van der Waals surface area contributed by atoms with Crippen LogP contribution in [-0.4, -0.2) is 141 Å². The van der Waals surface area contributed by atoms with E-state index in [9.17, 15) is 58.5 Å². The summed E-state index contributed by atoms with van der Waals surface area (Å²) < 4.78 is 0. The molecule has 0 aliphatic carbocycles. The number of carbonyl (C=O) groups is 9. The molecule has 13 N–H and O–H groups in total. The number of hydrogen-bond acceptors (Lipinski definition) is 12. The van der Waals surface area contributed by atoms with E-state index in [0.29, 0.717) is 25.7 Å². The molecule has 1 saturated heterocycles. The van der Waals surface area contributed by atoms with E-state index >= 15 is 0 Å². The van der Waals surface area contributed by atoms with Crippen molar-refractivity contribution in [2.45, 2.75) is 187 Å². The molecule has 0 radical (unpaired) electrons. The number of nitrogens with zero attached hydrogens (tertiary/aromatic N) is 1. The van der Waals surface area contributed by atoms with Crippen molar-refractivity contribution >= 4 is 53.3 Å². The number of carboxylic acids is 2. The fourth-order valence-electron chi connectivity index (χ4n) is 7.39. The van der Waals surface area contributed by atoms with Gasteiger partial charge in [-0.15, -0.1) is 0 Å². The molecule has 1 aliphatic heterocycles. The summed E-state index contributed by atoms with van der Waals surface area (Å²) >= 11 is 0. The van der Waals surface area contributed by atoms with Crippen LogP contribution < -0.4 is 43.4 Å². The second kappa shape index (κ2) is 28.9. The molecule has 0 saturated carbocycles. The summed E-state index contributed by atoms with van der Waals surface area (Å²) in [5.74, 6) is -8.43. The Morgan fingerprint density at radius 2 is 1.09 bits per heavy atom. The van der Waals surface area contributed by atoms with Gasteiger partial charge in [-0.1, -0.05) is 61.8 Å². The van der Waals surface area contributed by atoms with Crippen LogP contribution in [0.5, 0.6) is 0 Å². The zero-order chi connectivity index (χ0) is 49.7. The second-order valence-electron chi connectivity index (χ2n) is 18.6. The van der Waals surface area contributed by atoms with Gasteiger partial charge in [0, 0.05) is 13.0 Å². The molecule has 65 heavy (non-hydrogen) atoms. The lowest BCUT2D eigenvalue weighted by Crippen LogP contribution is -2.62. The Kier molecular flexibility index (Phi) is 25.8. The third kappa shape index (κ3) is 20.4. The quantitative estimate of drug-likeness (QED) is 0.0418. The molecule has 0 bridgehead atoms. The van der Waals surface area contributed by atoms with Gasteiger partial charge >= 0.3 is 11.9 Å². The third-order valence-corrected chi connectivity index (χ3v) is 11.3. The van der Waals surface area contributed by atoms with Crippen LogP contribution in [0.3, 0.4) is 0 Å². The first-order chi connectivity index (χ1) is 30.3. The fraction of sp³-hybridized carbons (Fsp3) is 0.795. The zero-order valence-corrected chi connectivity index (χ0v) is 39.8. The Morgan fingerprint density at radius 1 is 0.631 bits per heavy atom. The van der Waals surface area contributed by atoms with Gasteiger partial charge < -0.3 is 63.6 Å². The molecular formula is C44H79N9O12. The SMILES string of the molecule is CC[C@H](C)[C@H](N)C(=O)N1CCC[C@H]1C(=O)N[C@@H](CCC(=O)O)C(=O)N[C@@H](CC(C)C)C(=O)N[C@H](C(=O)N[C@@H](CCCCN)C(=O)N[C@@H](CC(C)C)C(=O)N[C@@H](CC(C)C)C(=O)O)[C@@H](C)O. The van der Waals surface area contributed by atoms with Crippen LogP contribution in [0.25, 0.3) is 0 Å². The van der Waals surface area contributed by atoms with Gasteiger partial charge in [-0.2, -0.15) is 0 Å². The number of aliphatic hydroxyl groups is 1. The van der Waals surface area contributed by atoms with Crippen LogP contribution >= 0.6 is 0 Å². The summed E-state index contributed by atoms with van der Waals surface area (Å²) in [4.78, 5) is 121. The molecule has 21 nitrogen and oxygen atoms in total. The number of carbonyl (C=O) groups excluding carboxylic acids is 7. The predicted octanol–water partition coefficient (Wildman–Crippen LogP) is -0.143. The summed E-state index contributed by atoms with van der Waals surface area (Å²) in [5.41, 5.74) is 11.9. The minimum absolute atomic E-state index is 0.00700. The highest BCUT2D eigenvalue weighted by Gasteiger charge is 2.40. The lowest BCUT2D eigenvalue weighted by atomic mass is 9.98. The lowest BCUT2D eigenvalue weighted by molar-refractivity contribution is -0.143. The van der Waals surface area contributed by atoms with Crippen molar-refractivity contribution in [3.8, 4) is 0 Å². The number of likely N-dealkylation sites (tertiary alicyclic amines) is 1. The number of aliphatic carboxylic acids is 2. The Morgan fingerprint density at radius 3 is 1.55 bits per heavy atom. The van der Waals surface area contributed by atoms with E-state index in [1.807, 2.05) is 27.7 Å². The highest BCUT2D eigenvalue weighted by Crippen LogP contribution is 2.21. The third-order valence-electron chi connectivity index (χ3n) is 11.3. The van der Waals surface area contributed by atoms with Gasteiger partial charge in [0.05, 0.1) is 12.1 Å². The lowest BCUT2D eigenvalue weighted by Gasteiger charge is -2.30. The Hall–Kier alpha value is -4.89. The first-order valence-corrected chi connectivity index (χ1v) is 23.1. The maximum absolute atomic E-state index is 13.9. The molecular weight excluding hydrogens is 847 g/mol. The minimum Gasteiger partial charge on any atom is -0.481 e. The second-order valence-corrected chi connectivity index (χ2v) is 18.6. The summed E-state index contributed by atoms with van der Waals surface area (Å²) in [6.45, 7) is 16.2. The van der Waals surface area contributed by atoms with Crippen LogP contribution in [0.1, 0.15) is 133 Å². The standard InChI is InChI=1S/C44H79N9O12/c1-10-26(8)35(46)43(63)53-19-13-15-33(53)41(61)47-29(16-17-34(55)56)38(58)50-31(21-24(4)5)40(60)52-36(27(9)54)42(62)48-28(14-11-12-18-45)37(57)49-30(20-23(2)3)39(59)51-32(44(64)65)22-25(6)7/h23-33,35-36,54H,10-22,45-46H2,1-9H3,(H,47,61)(H,48,62)(H,49,57)(H,50,58)(H,51,59)(H,52,60)(H,55,56)(H,64,65)/t26-,27+,28-,29-,30-,31-,32-,33-,35-,36-/m0/s1. The topological polar surface area (TPSA) is 342 Å². The number of aliphatic hydroxyl groups excluding tert-OH is 1. The van der Waals surface area contributed by atoms with E-state index < -0.39 is 114 Å². The van der Waals surface area contributed by atoms with E-state index in [1.54, 1.807) is 27.7 Å². The molecule has 0 spiro atoms. The molecule has 372 valence electrons. The summed E-state index contributed by atoms with van der Waals surface area (Å²) in [7, 11) is 0. The summed E-state index contributed by atoms with van der Waals surface area (Å²) in [6, 6.07) is -9.96. The molecule has 10 atom stereocenters. The Balaban J connectivity index is 3.36. The monoisotopic (exact) mass is 926 g/mol. The molecule has 1 rings (SSSR count). The number of carboxylic acid groups (broad SMARTS) is 2. The first-order valence-electron chi connectivity index (χ1n) is 23.1. The number of nitrogens with one attached hydrogen (secondary N) is 6. The zero-order valence-electron chi connectivity index (χ0n) is 39.8. The van der Waals surface area contributed by atoms with E-state index in [4.69, 9.17) is 11.5 Å². The average molecular weight is 926 g/mol. The maximum atomic E-state index is 13.9. The number of nitrogens with two attached hydrogens (primary N) is 2. The van der Waals surface area contributed by atoms with Crippen molar-refractivity contribution in [2.75, 3.05) is 13.1 Å². The molecule has 1 aliphatic rings. The maximum Gasteiger partial charge on any atom is 0.326 e. The van der Waals surface area contributed by atoms with Crippen LogP contribution in [0.15, 0.2) is 0 Å². The minimum atomic E-state index is -1.67. The molecule has 0 aromatic rings. The van der Waals surface area contributed by atoms with Gasteiger partial charge in [0.2, 0.25) is 41.4 Å². The highest BCUT2D eigenvalue weighted by molar-refractivity contribution is 5.98. The summed E-state index contributed by atoms with van der Waals surface area (Å²) in [6.07, 6.45) is 0.155. The van der Waals surface area contributed by atoms with Crippen molar-refractivity contribution in [3.05, 3.63) is 0 Å². The van der Waals surface area contributed by atoms with Crippen LogP contribution in [0.4, 0.5) is 0 Å². The average Bonchev–Trinajstić information content (AvgIpc) is 3.71. The molecule has 0 aromatic heterocycles. The molecule has 0 unspecified atom stereocenters. The molecule has 1 fully saturated rings. The number of unbranched alkanes of at least 4 members (excludes halogenated alkanes) is 1. The number of amides is 7. The molecule has 0 aromatic carbocycles.